The number of hydrogen-bond donors (Lipinski definition) is 1. The molecule has 0 aliphatic carbocycles. The number of nitro benzene ring substituents is 1. The van der Waals surface area contributed by atoms with Crippen LogP contribution in [0.25, 0.3) is 0 Å². The molecule has 0 saturated heterocycles. The number of non-ortho nitro benzene ring substituents is 1. The Labute approximate surface area is 169 Å². The van der Waals surface area contributed by atoms with Gasteiger partial charge in [0.1, 0.15) is 11.5 Å². The Bertz CT molecular complexity index is 1170. The van der Waals surface area contributed by atoms with Gasteiger partial charge >= 0.3 is 0 Å². The number of anilines is 1. The van der Waals surface area contributed by atoms with Crippen molar-refractivity contribution in [2.24, 2.45) is 0 Å². The van der Waals surface area contributed by atoms with E-state index in [1.807, 2.05) is 39.0 Å². The summed E-state index contributed by atoms with van der Waals surface area (Å²) in [7, 11) is -3.91. The van der Waals surface area contributed by atoms with Crippen molar-refractivity contribution in [1.29, 1.82) is 0 Å². The monoisotopic (exact) mass is 412 g/mol. The number of sulfonamides is 1. The van der Waals surface area contributed by atoms with E-state index in [-0.39, 0.29) is 22.0 Å². The van der Waals surface area contributed by atoms with Crippen molar-refractivity contribution in [2.45, 2.75) is 25.7 Å². The fraction of sp³-hybridized carbons (Fsp3) is 0.143. The highest BCUT2D eigenvalue weighted by Gasteiger charge is 2.18. The summed E-state index contributed by atoms with van der Waals surface area (Å²) in [6, 6.07) is 15.7. The molecule has 3 aromatic carbocycles. The lowest BCUT2D eigenvalue weighted by atomic mass is 10.1. The van der Waals surface area contributed by atoms with E-state index < -0.39 is 14.9 Å². The van der Waals surface area contributed by atoms with E-state index in [2.05, 4.69) is 4.72 Å². The third-order valence-corrected chi connectivity index (χ3v) is 5.65. The molecule has 0 unspecified atom stereocenters. The second kappa shape index (κ2) is 7.92. The van der Waals surface area contributed by atoms with Gasteiger partial charge in [-0.1, -0.05) is 29.8 Å². The highest BCUT2D eigenvalue weighted by molar-refractivity contribution is 7.92. The van der Waals surface area contributed by atoms with Crippen LogP contribution in [0, 0.1) is 30.9 Å². The summed E-state index contributed by atoms with van der Waals surface area (Å²) in [6.07, 6.45) is 0. The van der Waals surface area contributed by atoms with Gasteiger partial charge in [0, 0.05) is 12.1 Å². The summed E-state index contributed by atoms with van der Waals surface area (Å²) in [5.41, 5.74) is 2.50. The van der Waals surface area contributed by atoms with Crippen LogP contribution in [0.2, 0.25) is 0 Å². The predicted octanol–water partition coefficient (Wildman–Crippen LogP) is 5.11. The first-order chi connectivity index (χ1) is 13.6. The van der Waals surface area contributed by atoms with E-state index in [1.54, 1.807) is 12.1 Å². The van der Waals surface area contributed by atoms with Crippen molar-refractivity contribution in [3.8, 4) is 11.5 Å². The minimum absolute atomic E-state index is 0.0417. The molecule has 0 heterocycles. The van der Waals surface area contributed by atoms with Gasteiger partial charge in [-0.25, -0.2) is 8.42 Å². The van der Waals surface area contributed by atoms with E-state index in [1.165, 1.54) is 24.3 Å². The molecular weight excluding hydrogens is 392 g/mol. The number of ether oxygens (including phenoxy) is 1. The Hall–Kier alpha value is -3.39. The Kier molecular flexibility index (Phi) is 5.56. The second-order valence-corrected chi connectivity index (χ2v) is 8.44. The van der Waals surface area contributed by atoms with Crippen LogP contribution in [-0.2, 0) is 10.0 Å². The molecule has 0 bridgehead atoms. The molecule has 0 fully saturated rings. The van der Waals surface area contributed by atoms with Gasteiger partial charge in [-0.3, -0.25) is 14.8 Å². The fourth-order valence-corrected chi connectivity index (χ4v) is 3.72. The van der Waals surface area contributed by atoms with Crippen LogP contribution in [-0.4, -0.2) is 13.3 Å². The average Bonchev–Trinajstić information content (AvgIpc) is 2.64. The third kappa shape index (κ3) is 4.91. The standard InChI is InChI=1S/C21H20N2O5S/c1-14-5-8-20(9-6-14)29(26,27)22-17-11-18(23(24)25)13-19(12-17)28-21-10-15(2)4-7-16(21)3/h4-13,22H,1-3H3. The first-order valence-electron chi connectivity index (χ1n) is 8.78. The van der Waals surface area contributed by atoms with Crippen LogP contribution in [0.3, 0.4) is 0 Å². The summed E-state index contributed by atoms with van der Waals surface area (Å²) >= 11 is 0. The number of nitrogens with one attached hydrogen (secondary N) is 1. The number of benzene rings is 3. The normalized spacial score (nSPS) is 11.1. The van der Waals surface area contributed by atoms with Crippen LogP contribution < -0.4 is 9.46 Å². The van der Waals surface area contributed by atoms with Crippen LogP contribution in [0.1, 0.15) is 16.7 Å². The molecule has 1 N–H and O–H groups in total. The molecule has 0 radical (unpaired) electrons. The van der Waals surface area contributed by atoms with Gasteiger partial charge in [0.05, 0.1) is 21.6 Å². The average molecular weight is 412 g/mol. The van der Waals surface area contributed by atoms with E-state index in [0.717, 1.165) is 22.8 Å². The Morgan fingerprint density at radius 3 is 2.21 bits per heavy atom. The van der Waals surface area contributed by atoms with E-state index in [0.29, 0.717) is 5.75 Å². The van der Waals surface area contributed by atoms with Gasteiger partial charge in [0.2, 0.25) is 0 Å². The molecule has 29 heavy (non-hydrogen) atoms. The molecule has 0 aromatic heterocycles. The molecule has 8 heteroatoms. The summed E-state index contributed by atoms with van der Waals surface area (Å²) in [5.74, 6) is 0.701. The van der Waals surface area contributed by atoms with Crippen LogP contribution in [0.4, 0.5) is 11.4 Å². The van der Waals surface area contributed by atoms with Crippen molar-refractivity contribution in [3.63, 3.8) is 0 Å². The number of nitrogens with zero attached hydrogens (tertiary/aromatic N) is 1. The lowest BCUT2D eigenvalue weighted by Crippen LogP contribution is -2.13. The summed E-state index contributed by atoms with van der Waals surface area (Å²) < 4.78 is 33.5. The topological polar surface area (TPSA) is 98.5 Å². The number of nitro groups is 1. The number of rotatable bonds is 6. The molecule has 0 spiro atoms. The highest BCUT2D eigenvalue weighted by atomic mass is 32.2. The van der Waals surface area contributed by atoms with E-state index in [9.17, 15) is 18.5 Å². The largest absolute Gasteiger partial charge is 0.457 e. The zero-order valence-electron chi connectivity index (χ0n) is 16.2. The van der Waals surface area contributed by atoms with Gasteiger partial charge in [0.25, 0.3) is 15.7 Å². The summed E-state index contributed by atoms with van der Waals surface area (Å²) in [5, 5.41) is 11.3. The van der Waals surface area contributed by atoms with Crippen LogP contribution >= 0.6 is 0 Å². The molecule has 150 valence electrons. The lowest BCUT2D eigenvalue weighted by Gasteiger charge is -2.12. The maximum Gasteiger partial charge on any atom is 0.275 e. The van der Waals surface area contributed by atoms with Gasteiger partial charge in [-0.05, 0) is 50.1 Å². The minimum atomic E-state index is -3.91. The van der Waals surface area contributed by atoms with Crippen LogP contribution in [0.15, 0.2) is 65.6 Å². The van der Waals surface area contributed by atoms with E-state index >= 15 is 0 Å². The quantitative estimate of drug-likeness (QED) is 0.448. The SMILES string of the molecule is Cc1ccc(S(=O)(=O)Nc2cc(Oc3cc(C)ccc3C)cc([N+](=O)[O-])c2)cc1. The zero-order valence-corrected chi connectivity index (χ0v) is 17.0. The van der Waals surface area contributed by atoms with Gasteiger partial charge < -0.3 is 4.74 Å². The second-order valence-electron chi connectivity index (χ2n) is 6.76. The molecule has 0 saturated carbocycles. The number of aryl methyl sites for hydroxylation is 3. The van der Waals surface area contributed by atoms with Gasteiger partial charge in [-0.2, -0.15) is 0 Å². The molecule has 3 rings (SSSR count). The fourth-order valence-electron chi connectivity index (χ4n) is 2.68. The molecular formula is C21H20N2O5S. The molecule has 0 aliphatic rings. The van der Waals surface area contributed by atoms with Crippen molar-refractivity contribution in [2.75, 3.05) is 4.72 Å². The molecule has 3 aromatic rings. The Balaban J connectivity index is 1.97. The highest BCUT2D eigenvalue weighted by Crippen LogP contribution is 2.32. The van der Waals surface area contributed by atoms with Crippen molar-refractivity contribution in [3.05, 3.63) is 87.5 Å². The first kappa shape index (κ1) is 20.3. The maximum absolute atomic E-state index is 12.6. The summed E-state index contributed by atoms with van der Waals surface area (Å²) in [6.45, 7) is 5.61. The molecule has 0 aliphatic heterocycles. The van der Waals surface area contributed by atoms with Gasteiger partial charge in [0.15, 0.2) is 0 Å². The third-order valence-electron chi connectivity index (χ3n) is 4.26. The van der Waals surface area contributed by atoms with Crippen LogP contribution in [0.5, 0.6) is 11.5 Å². The molecule has 0 atom stereocenters. The lowest BCUT2D eigenvalue weighted by molar-refractivity contribution is -0.384. The number of hydrogen-bond acceptors (Lipinski definition) is 5. The summed E-state index contributed by atoms with van der Waals surface area (Å²) in [4.78, 5) is 10.8. The first-order valence-corrected chi connectivity index (χ1v) is 10.3. The van der Waals surface area contributed by atoms with E-state index in [4.69, 9.17) is 4.74 Å². The van der Waals surface area contributed by atoms with Gasteiger partial charge in [-0.15, -0.1) is 0 Å². The Morgan fingerprint density at radius 2 is 1.55 bits per heavy atom. The Morgan fingerprint density at radius 1 is 0.897 bits per heavy atom. The molecule has 7 nitrogen and oxygen atoms in total. The molecule has 0 amide bonds. The van der Waals surface area contributed by atoms with Crippen molar-refractivity contribution >= 4 is 21.4 Å². The smallest absolute Gasteiger partial charge is 0.275 e. The zero-order chi connectivity index (χ0) is 21.2. The van der Waals surface area contributed by atoms with Crippen molar-refractivity contribution < 1.29 is 18.1 Å². The maximum atomic E-state index is 12.6. The predicted molar refractivity (Wildman–Crippen MR) is 111 cm³/mol. The minimum Gasteiger partial charge on any atom is -0.457 e. The van der Waals surface area contributed by atoms with Crippen molar-refractivity contribution in [1.82, 2.24) is 0 Å².